The van der Waals surface area contributed by atoms with E-state index in [9.17, 15) is 18.0 Å². The summed E-state index contributed by atoms with van der Waals surface area (Å²) in [5, 5.41) is 7.34. The third kappa shape index (κ3) is 4.57. The lowest BCUT2D eigenvalue weighted by molar-refractivity contribution is -0.152. The van der Waals surface area contributed by atoms with E-state index in [0.717, 1.165) is 5.56 Å². The van der Waals surface area contributed by atoms with Gasteiger partial charge in [0.15, 0.2) is 5.82 Å². The molecule has 2 N–H and O–H groups in total. The first-order chi connectivity index (χ1) is 14.7. The maximum absolute atomic E-state index is 13.6. The topological polar surface area (TPSA) is 78.8 Å². The van der Waals surface area contributed by atoms with Crippen molar-refractivity contribution in [3.63, 3.8) is 0 Å². The highest BCUT2D eigenvalue weighted by Crippen LogP contribution is 2.35. The predicted octanol–water partition coefficient (Wildman–Crippen LogP) is 4.14. The monoisotopic (exact) mass is 432 g/mol. The van der Waals surface area contributed by atoms with Crippen molar-refractivity contribution in [3.8, 4) is 11.1 Å². The smallest absolute Gasteiger partial charge is 0.346 e. The second-order valence-electron chi connectivity index (χ2n) is 7.75. The van der Waals surface area contributed by atoms with E-state index in [0.29, 0.717) is 35.6 Å². The van der Waals surface area contributed by atoms with Crippen LogP contribution in [0, 0.1) is 6.92 Å². The molecule has 4 heterocycles. The quantitative estimate of drug-likeness (QED) is 0.648. The molecule has 10 heteroatoms. The Hall–Kier alpha value is -3.30. The van der Waals surface area contributed by atoms with Gasteiger partial charge in [0, 0.05) is 38.1 Å². The number of rotatable bonds is 4. The number of hydrogen-bond acceptors (Lipinski definition) is 5. The molecule has 1 aliphatic heterocycles. The number of anilines is 3. The highest BCUT2D eigenvalue weighted by molar-refractivity contribution is 5.73. The summed E-state index contributed by atoms with van der Waals surface area (Å²) < 4.78 is 42.4. The molecule has 1 saturated heterocycles. The lowest BCUT2D eigenvalue weighted by Gasteiger charge is -2.38. The van der Waals surface area contributed by atoms with Crippen LogP contribution in [-0.2, 0) is 7.05 Å². The molecule has 0 aliphatic carbocycles. The van der Waals surface area contributed by atoms with Gasteiger partial charge in [0.1, 0.15) is 17.7 Å². The molecule has 164 valence electrons. The van der Waals surface area contributed by atoms with Crippen LogP contribution >= 0.6 is 0 Å². The van der Waals surface area contributed by atoms with Crippen LogP contribution in [0.4, 0.5) is 30.6 Å². The Morgan fingerprint density at radius 2 is 2.00 bits per heavy atom. The van der Waals surface area contributed by atoms with Crippen LogP contribution in [0.25, 0.3) is 11.1 Å². The van der Waals surface area contributed by atoms with Crippen molar-refractivity contribution < 1.29 is 13.2 Å². The molecule has 3 aromatic heterocycles. The average Bonchev–Trinajstić information content (AvgIpc) is 3.13. The number of aromatic amines is 1. The highest BCUT2D eigenvalue weighted by atomic mass is 19.4. The van der Waals surface area contributed by atoms with Gasteiger partial charge in [-0.15, -0.1) is 0 Å². The summed E-state index contributed by atoms with van der Waals surface area (Å²) in [5.74, 6) is 1.31. The minimum absolute atomic E-state index is 0.0161. The summed E-state index contributed by atoms with van der Waals surface area (Å²) in [5.41, 5.74) is 1.60. The first-order valence-electron chi connectivity index (χ1n) is 10.0. The molecule has 7 nitrogen and oxygen atoms in total. The number of pyridine rings is 2. The number of hydrogen-bond donors (Lipinski definition) is 2. The van der Waals surface area contributed by atoms with Crippen LogP contribution in [0.1, 0.15) is 24.8 Å². The SMILES string of the molecule is Cc1cnc(Nc2ccn(C)n2)cc1-c1cc(N2CCCCC2C(F)(F)F)[nH]c(=O)c1. The molecule has 0 spiro atoms. The fourth-order valence-electron chi connectivity index (χ4n) is 3.92. The molecule has 0 bridgehead atoms. The Bertz CT molecular complexity index is 1140. The Morgan fingerprint density at radius 3 is 2.71 bits per heavy atom. The van der Waals surface area contributed by atoms with Gasteiger partial charge in [-0.3, -0.25) is 9.48 Å². The second-order valence-corrected chi connectivity index (χ2v) is 7.75. The summed E-state index contributed by atoms with van der Waals surface area (Å²) in [6.45, 7) is 2.08. The van der Waals surface area contributed by atoms with E-state index in [1.165, 1.54) is 11.0 Å². The molecule has 0 aromatic carbocycles. The van der Waals surface area contributed by atoms with Crippen LogP contribution < -0.4 is 15.8 Å². The van der Waals surface area contributed by atoms with E-state index in [1.54, 1.807) is 42.3 Å². The lowest BCUT2D eigenvalue weighted by atomic mass is 10.00. The maximum atomic E-state index is 13.6. The number of aryl methyl sites for hydroxylation is 2. The molecule has 31 heavy (non-hydrogen) atoms. The number of H-pyrrole nitrogens is 1. The Balaban J connectivity index is 1.71. The predicted molar refractivity (Wildman–Crippen MR) is 113 cm³/mol. The summed E-state index contributed by atoms with van der Waals surface area (Å²) in [4.78, 5) is 20.6. The Kier molecular flexibility index (Phi) is 5.47. The van der Waals surface area contributed by atoms with E-state index in [2.05, 4.69) is 20.4 Å². The fourth-order valence-corrected chi connectivity index (χ4v) is 3.92. The zero-order valence-corrected chi connectivity index (χ0v) is 17.2. The van der Waals surface area contributed by atoms with Crippen molar-refractivity contribution in [2.75, 3.05) is 16.8 Å². The van der Waals surface area contributed by atoms with Gasteiger partial charge in [0.05, 0.1) is 0 Å². The molecule has 0 radical (unpaired) electrons. The number of aromatic nitrogens is 4. The Labute approximate surface area is 176 Å². The van der Waals surface area contributed by atoms with Crippen LogP contribution in [0.15, 0.2) is 41.5 Å². The first kappa shape index (κ1) is 21.0. The van der Waals surface area contributed by atoms with Crippen molar-refractivity contribution in [2.45, 2.75) is 38.4 Å². The normalized spacial score (nSPS) is 17.1. The molecular formula is C21H23F3N6O. The summed E-state index contributed by atoms with van der Waals surface area (Å²) >= 11 is 0. The first-order valence-corrected chi connectivity index (χ1v) is 10.0. The molecular weight excluding hydrogens is 409 g/mol. The zero-order valence-electron chi connectivity index (χ0n) is 17.2. The van der Waals surface area contributed by atoms with Gasteiger partial charge in [-0.25, -0.2) is 4.98 Å². The number of halogens is 3. The largest absolute Gasteiger partial charge is 0.408 e. The van der Waals surface area contributed by atoms with Gasteiger partial charge in [-0.05, 0) is 55.0 Å². The average molecular weight is 432 g/mol. The van der Waals surface area contributed by atoms with Crippen LogP contribution in [-0.4, -0.2) is 38.5 Å². The summed E-state index contributed by atoms with van der Waals surface area (Å²) in [6, 6.07) is 4.95. The standard InChI is InChI=1S/C21H23F3N6O/c1-13-12-25-18(26-17-6-8-29(2)28-17)11-15(13)14-9-19(27-20(31)10-14)30-7-4-3-5-16(30)21(22,23)24/h6,8-12,16H,3-5,7H2,1-2H3,(H,27,31)(H,25,26,28). The maximum Gasteiger partial charge on any atom is 0.408 e. The van der Waals surface area contributed by atoms with E-state index in [-0.39, 0.29) is 18.8 Å². The van der Waals surface area contributed by atoms with Crippen molar-refractivity contribution in [2.24, 2.45) is 7.05 Å². The fraction of sp³-hybridized carbons (Fsp3) is 0.381. The number of nitrogens with one attached hydrogen (secondary N) is 2. The van der Waals surface area contributed by atoms with Crippen LogP contribution in [0.3, 0.4) is 0 Å². The zero-order chi connectivity index (χ0) is 22.2. The van der Waals surface area contributed by atoms with Crippen LogP contribution in [0.5, 0.6) is 0 Å². The number of piperidine rings is 1. The van der Waals surface area contributed by atoms with E-state index >= 15 is 0 Å². The van der Waals surface area contributed by atoms with Gasteiger partial charge < -0.3 is 15.2 Å². The van der Waals surface area contributed by atoms with Gasteiger partial charge in [0.2, 0.25) is 5.56 Å². The molecule has 1 aliphatic rings. The molecule has 0 amide bonds. The van der Waals surface area contributed by atoms with Crippen molar-refractivity contribution in [1.29, 1.82) is 0 Å². The van der Waals surface area contributed by atoms with E-state index in [4.69, 9.17) is 0 Å². The van der Waals surface area contributed by atoms with E-state index < -0.39 is 17.8 Å². The van der Waals surface area contributed by atoms with Gasteiger partial charge in [0.25, 0.3) is 0 Å². The van der Waals surface area contributed by atoms with Crippen molar-refractivity contribution in [3.05, 3.63) is 52.6 Å². The Morgan fingerprint density at radius 1 is 1.19 bits per heavy atom. The van der Waals surface area contributed by atoms with Crippen molar-refractivity contribution in [1.82, 2.24) is 19.7 Å². The second kappa shape index (κ2) is 8.09. The minimum Gasteiger partial charge on any atom is -0.346 e. The molecule has 4 rings (SSSR count). The molecule has 1 atom stereocenters. The van der Waals surface area contributed by atoms with Gasteiger partial charge >= 0.3 is 6.18 Å². The third-order valence-electron chi connectivity index (χ3n) is 5.40. The van der Waals surface area contributed by atoms with Gasteiger partial charge in [-0.1, -0.05) is 0 Å². The van der Waals surface area contributed by atoms with E-state index in [1.807, 2.05) is 6.92 Å². The van der Waals surface area contributed by atoms with Crippen LogP contribution in [0.2, 0.25) is 0 Å². The summed E-state index contributed by atoms with van der Waals surface area (Å²) in [6.07, 6.45) is 0.251. The molecule has 3 aromatic rings. The van der Waals surface area contributed by atoms with Gasteiger partial charge in [-0.2, -0.15) is 18.3 Å². The summed E-state index contributed by atoms with van der Waals surface area (Å²) in [7, 11) is 1.80. The number of nitrogens with zero attached hydrogens (tertiary/aromatic N) is 4. The van der Waals surface area contributed by atoms with Crippen molar-refractivity contribution >= 4 is 17.5 Å². The number of alkyl halides is 3. The molecule has 0 saturated carbocycles. The minimum atomic E-state index is -4.36. The molecule has 1 unspecified atom stereocenters. The highest BCUT2D eigenvalue weighted by Gasteiger charge is 2.45. The third-order valence-corrected chi connectivity index (χ3v) is 5.40. The lowest BCUT2D eigenvalue weighted by Crippen LogP contribution is -2.49. The molecule has 1 fully saturated rings.